The smallest absolute Gasteiger partial charge is 0.225 e. The van der Waals surface area contributed by atoms with Gasteiger partial charge in [-0.2, -0.15) is 0 Å². The fourth-order valence-corrected chi connectivity index (χ4v) is 4.85. The summed E-state index contributed by atoms with van der Waals surface area (Å²) in [5.41, 5.74) is 0. The summed E-state index contributed by atoms with van der Waals surface area (Å²) < 4.78 is 0. The SMILES string of the molecule is CCc1ccc(CNC(=NC)NC2CCN(C(=O)C3CCCCC3)C2)s1. The molecule has 1 saturated heterocycles. The van der Waals surface area contributed by atoms with Gasteiger partial charge in [-0.3, -0.25) is 9.79 Å². The molecule has 0 radical (unpaired) electrons. The number of aryl methyl sites for hydroxylation is 1. The molecule has 2 fully saturated rings. The molecular formula is C20H32N4OS. The van der Waals surface area contributed by atoms with E-state index in [2.05, 4.69) is 39.6 Å². The molecular weight excluding hydrogens is 344 g/mol. The van der Waals surface area contributed by atoms with Crippen molar-refractivity contribution in [2.75, 3.05) is 20.1 Å². The number of amides is 1. The minimum Gasteiger partial charge on any atom is -0.352 e. The predicted octanol–water partition coefficient (Wildman–Crippen LogP) is 3.16. The molecule has 6 heteroatoms. The first-order valence-corrected chi connectivity index (χ1v) is 10.8. The molecule has 1 aromatic rings. The van der Waals surface area contributed by atoms with Crippen LogP contribution in [0.1, 0.15) is 55.2 Å². The third-order valence-electron chi connectivity index (χ3n) is 5.51. The van der Waals surface area contributed by atoms with E-state index in [1.54, 1.807) is 7.05 Å². The Morgan fingerprint density at radius 1 is 1.23 bits per heavy atom. The van der Waals surface area contributed by atoms with Crippen LogP contribution in [0, 0.1) is 5.92 Å². The number of nitrogens with one attached hydrogen (secondary N) is 2. The Morgan fingerprint density at radius 2 is 2.00 bits per heavy atom. The molecule has 0 spiro atoms. The van der Waals surface area contributed by atoms with Gasteiger partial charge in [0.1, 0.15) is 0 Å². The number of hydrogen-bond donors (Lipinski definition) is 2. The highest BCUT2D eigenvalue weighted by molar-refractivity contribution is 7.11. The highest BCUT2D eigenvalue weighted by Gasteiger charge is 2.31. The zero-order valence-electron chi connectivity index (χ0n) is 16.1. The van der Waals surface area contributed by atoms with E-state index >= 15 is 0 Å². The molecule has 2 heterocycles. The van der Waals surface area contributed by atoms with Crippen LogP contribution in [0.5, 0.6) is 0 Å². The van der Waals surface area contributed by atoms with E-state index in [0.717, 1.165) is 51.3 Å². The molecule has 1 unspecified atom stereocenters. The molecule has 1 aliphatic carbocycles. The minimum atomic E-state index is 0.270. The topological polar surface area (TPSA) is 56.7 Å². The summed E-state index contributed by atoms with van der Waals surface area (Å²) in [7, 11) is 1.81. The maximum Gasteiger partial charge on any atom is 0.225 e. The van der Waals surface area contributed by atoms with Crippen molar-refractivity contribution in [3.05, 3.63) is 21.9 Å². The van der Waals surface area contributed by atoms with E-state index in [0.29, 0.717) is 11.9 Å². The van der Waals surface area contributed by atoms with Crippen LogP contribution in [0.2, 0.25) is 0 Å². The molecule has 144 valence electrons. The molecule has 2 N–H and O–H groups in total. The fourth-order valence-electron chi connectivity index (χ4n) is 3.95. The molecule has 1 aromatic heterocycles. The maximum atomic E-state index is 12.7. The molecule has 1 amide bonds. The van der Waals surface area contributed by atoms with Crippen molar-refractivity contribution < 1.29 is 4.79 Å². The number of nitrogens with zero attached hydrogens (tertiary/aromatic N) is 2. The van der Waals surface area contributed by atoms with Gasteiger partial charge in [0.25, 0.3) is 0 Å². The Morgan fingerprint density at radius 3 is 2.69 bits per heavy atom. The molecule has 2 aliphatic rings. The summed E-state index contributed by atoms with van der Waals surface area (Å²) >= 11 is 1.85. The summed E-state index contributed by atoms with van der Waals surface area (Å²) in [4.78, 5) is 21.8. The van der Waals surface area contributed by atoms with Crippen molar-refractivity contribution >= 4 is 23.2 Å². The average molecular weight is 377 g/mol. The second-order valence-electron chi connectivity index (χ2n) is 7.40. The standard InChI is InChI=1S/C20H32N4OS/c1-3-17-9-10-18(26-17)13-22-20(21-2)23-16-11-12-24(14-16)19(25)15-7-5-4-6-8-15/h9-10,15-16H,3-8,11-14H2,1-2H3,(H2,21,22,23). The monoisotopic (exact) mass is 376 g/mol. The normalized spacial score (nSPS) is 21.8. The van der Waals surface area contributed by atoms with Crippen LogP contribution in [0.3, 0.4) is 0 Å². The first kappa shape index (κ1) is 19.2. The van der Waals surface area contributed by atoms with Crippen molar-refractivity contribution in [1.29, 1.82) is 0 Å². The number of guanidine groups is 1. The van der Waals surface area contributed by atoms with Crippen LogP contribution in [0.25, 0.3) is 0 Å². The van der Waals surface area contributed by atoms with Crippen LogP contribution in [-0.2, 0) is 17.8 Å². The largest absolute Gasteiger partial charge is 0.352 e. The van der Waals surface area contributed by atoms with E-state index in [1.807, 2.05) is 11.3 Å². The lowest BCUT2D eigenvalue weighted by Gasteiger charge is -2.26. The second-order valence-corrected chi connectivity index (χ2v) is 8.65. The number of hydrogen-bond acceptors (Lipinski definition) is 3. The first-order valence-electron chi connectivity index (χ1n) is 10.0. The summed E-state index contributed by atoms with van der Waals surface area (Å²) in [5.74, 6) is 1.47. The van der Waals surface area contributed by atoms with Gasteiger partial charge in [-0.15, -0.1) is 11.3 Å². The van der Waals surface area contributed by atoms with Gasteiger partial charge in [0.05, 0.1) is 6.54 Å². The van der Waals surface area contributed by atoms with Gasteiger partial charge in [-0.25, -0.2) is 0 Å². The van der Waals surface area contributed by atoms with Gasteiger partial charge < -0.3 is 15.5 Å². The van der Waals surface area contributed by atoms with Crippen LogP contribution >= 0.6 is 11.3 Å². The number of carbonyl (C=O) groups is 1. The summed E-state index contributed by atoms with van der Waals surface area (Å²) in [6.07, 6.45) is 7.97. The third kappa shape index (κ3) is 5.00. The van der Waals surface area contributed by atoms with Gasteiger partial charge in [-0.05, 0) is 37.8 Å². The summed E-state index contributed by atoms with van der Waals surface area (Å²) in [6, 6.07) is 4.68. The Kier molecular flexibility index (Phi) is 6.94. The van der Waals surface area contributed by atoms with Crippen LogP contribution < -0.4 is 10.6 Å². The Hall–Kier alpha value is -1.56. The Labute approximate surface area is 161 Å². The number of thiophene rings is 1. The first-order chi connectivity index (χ1) is 12.7. The maximum absolute atomic E-state index is 12.7. The Balaban J connectivity index is 1.44. The highest BCUT2D eigenvalue weighted by Crippen LogP contribution is 2.26. The quantitative estimate of drug-likeness (QED) is 0.613. The number of aliphatic imine (C=N–C) groups is 1. The van der Waals surface area contributed by atoms with E-state index in [9.17, 15) is 4.79 Å². The zero-order valence-corrected chi connectivity index (χ0v) is 16.9. The summed E-state index contributed by atoms with van der Waals surface area (Å²) in [5, 5.41) is 6.90. The van der Waals surface area contributed by atoms with Crippen molar-refractivity contribution in [2.45, 2.75) is 64.5 Å². The van der Waals surface area contributed by atoms with Crippen molar-refractivity contribution in [1.82, 2.24) is 15.5 Å². The molecule has 1 aliphatic heterocycles. The molecule has 1 atom stereocenters. The molecule has 0 aromatic carbocycles. The van der Waals surface area contributed by atoms with E-state index in [4.69, 9.17) is 0 Å². The molecule has 0 bridgehead atoms. The van der Waals surface area contributed by atoms with Crippen LogP contribution in [-0.4, -0.2) is 42.9 Å². The highest BCUT2D eigenvalue weighted by atomic mass is 32.1. The lowest BCUT2D eigenvalue weighted by atomic mass is 9.88. The van der Waals surface area contributed by atoms with E-state index in [-0.39, 0.29) is 5.92 Å². The lowest BCUT2D eigenvalue weighted by molar-refractivity contribution is -0.135. The third-order valence-corrected chi connectivity index (χ3v) is 6.74. The molecule has 1 saturated carbocycles. The van der Waals surface area contributed by atoms with Crippen molar-refractivity contribution in [2.24, 2.45) is 10.9 Å². The van der Waals surface area contributed by atoms with E-state index in [1.165, 1.54) is 29.0 Å². The van der Waals surface area contributed by atoms with Crippen molar-refractivity contribution in [3.8, 4) is 0 Å². The fraction of sp³-hybridized carbons (Fsp3) is 0.700. The zero-order chi connectivity index (χ0) is 18.4. The minimum absolute atomic E-state index is 0.270. The number of carbonyl (C=O) groups excluding carboxylic acids is 1. The molecule has 26 heavy (non-hydrogen) atoms. The van der Waals surface area contributed by atoms with Crippen LogP contribution in [0.15, 0.2) is 17.1 Å². The summed E-state index contributed by atoms with van der Waals surface area (Å²) in [6.45, 7) is 4.65. The van der Waals surface area contributed by atoms with Gasteiger partial charge in [0.2, 0.25) is 5.91 Å². The molecule has 5 nitrogen and oxygen atoms in total. The van der Waals surface area contributed by atoms with Gasteiger partial charge >= 0.3 is 0 Å². The number of rotatable bonds is 5. The van der Waals surface area contributed by atoms with Gasteiger partial charge in [-0.1, -0.05) is 26.2 Å². The van der Waals surface area contributed by atoms with Crippen LogP contribution in [0.4, 0.5) is 0 Å². The predicted molar refractivity (Wildman–Crippen MR) is 109 cm³/mol. The van der Waals surface area contributed by atoms with Gasteiger partial charge in [0, 0.05) is 41.9 Å². The van der Waals surface area contributed by atoms with Gasteiger partial charge in [0.15, 0.2) is 5.96 Å². The molecule has 3 rings (SSSR count). The second kappa shape index (κ2) is 9.40. The lowest BCUT2D eigenvalue weighted by Crippen LogP contribution is -2.45. The van der Waals surface area contributed by atoms with E-state index < -0.39 is 0 Å². The Bertz CT molecular complexity index is 621. The average Bonchev–Trinajstić information content (AvgIpc) is 3.34. The number of likely N-dealkylation sites (tertiary alicyclic amines) is 1. The van der Waals surface area contributed by atoms with Crippen molar-refractivity contribution in [3.63, 3.8) is 0 Å².